The Balaban J connectivity index is 1.42. The molecule has 6 unspecified atom stereocenters. The molecule has 4 rings (SSSR count). The molecule has 0 saturated heterocycles. The maximum atomic E-state index is 4.02. The minimum absolute atomic E-state index is 0.775. The Morgan fingerprint density at radius 2 is 1.71 bits per heavy atom. The maximum absolute atomic E-state index is 4.02. The van der Waals surface area contributed by atoms with E-state index in [0.717, 1.165) is 34.4 Å². The SMILES string of the molecule is BrC1CCC(c2ccccc2)CC1CC1CC2CCC1C2. The van der Waals surface area contributed by atoms with E-state index in [2.05, 4.69) is 46.3 Å². The summed E-state index contributed by atoms with van der Waals surface area (Å²) in [6, 6.07) is 11.2. The molecular weight excluding hydrogens is 320 g/mol. The van der Waals surface area contributed by atoms with Crippen molar-refractivity contribution < 1.29 is 0 Å². The van der Waals surface area contributed by atoms with Gasteiger partial charge in [-0.1, -0.05) is 52.7 Å². The first-order valence-corrected chi connectivity index (χ1v) is 9.90. The molecule has 0 aromatic heterocycles. The lowest BCUT2D eigenvalue weighted by Gasteiger charge is -2.36. The molecule has 1 heteroatoms. The summed E-state index contributed by atoms with van der Waals surface area (Å²) in [5.41, 5.74) is 1.58. The Bertz CT molecular complexity index is 468. The van der Waals surface area contributed by atoms with Crippen molar-refractivity contribution in [3.63, 3.8) is 0 Å². The Hall–Kier alpha value is -0.300. The molecular formula is C20H27Br. The van der Waals surface area contributed by atoms with Gasteiger partial charge in [0.15, 0.2) is 0 Å². The molecule has 1 aromatic carbocycles. The van der Waals surface area contributed by atoms with Gasteiger partial charge in [-0.05, 0) is 80.1 Å². The molecule has 21 heavy (non-hydrogen) atoms. The maximum Gasteiger partial charge on any atom is 0.0174 e. The van der Waals surface area contributed by atoms with Crippen LogP contribution < -0.4 is 0 Å². The fourth-order valence-electron chi connectivity index (χ4n) is 5.55. The van der Waals surface area contributed by atoms with Crippen LogP contribution in [0.3, 0.4) is 0 Å². The third-order valence-electron chi connectivity index (χ3n) is 6.65. The second-order valence-corrected chi connectivity index (χ2v) is 9.04. The van der Waals surface area contributed by atoms with E-state index in [9.17, 15) is 0 Å². The molecule has 1 aromatic rings. The van der Waals surface area contributed by atoms with Gasteiger partial charge in [-0.15, -0.1) is 0 Å². The van der Waals surface area contributed by atoms with Crippen molar-refractivity contribution in [3.8, 4) is 0 Å². The standard InChI is InChI=1S/C20H27Br/c21-20-9-8-17(15-4-2-1-3-5-15)12-19(20)13-18-11-14-6-7-16(18)10-14/h1-5,14,16-20H,6-13H2. The quantitative estimate of drug-likeness (QED) is 0.575. The lowest BCUT2D eigenvalue weighted by molar-refractivity contribution is 0.226. The summed E-state index contributed by atoms with van der Waals surface area (Å²) in [5, 5.41) is 0. The molecule has 0 heterocycles. The van der Waals surface area contributed by atoms with Crippen LogP contribution in [-0.2, 0) is 0 Å². The first-order valence-electron chi connectivity index (χ1n) is 8.98. The topological polar surface area (TPSA) is 0 Å². The fraction of sp³-hybridized carbons (Fsp3) is 0.700. The summed E-state index contributed by atoms with van der Waals surface area (Å²) in [4.78, 5) is 0.775. The molecule has 0 radical (unpaired) electrons. The van der Waals surface area contributed by atoms with Gasteiger partial charge in [0.2, 0.25) is 0 Å². The van der Waals surface area contributed by atoms with Crippen molar-refractivity contribution in [1.82, 2.24) is 0 Å². The molecule has 2 bridgehead atoms. The van der Waals surface area contributed by atoms with Gasteiger partial charge in [-0.2, -0.15) is 0 Å². The predicted molar refractivity (Wildman–Crippen MR) is 92.8 cm³/mol. The summed E-state index contributed by atoms with van der Waals surface area (Å²) in [6.45, 7) is 0. The van der Waals surface area contributed by atoms with Crippen LogP contribution in [0, 0.1) is 23.7 Å². The van der Waals surface area contributed by atoms with Crippen LogP contribution in [0.25, 0.3) is 0 Å². The van der Waals surface area contributed by atoms with E-state index in [1.807, 2.05) is 0 Å². The molecule has 0 nitrogen and oxygen atoms in total. The highest BCUT2D eigenvalue weighted by molar-refractivity contribution is 9.09. The number of halogens is 1. The zero-order chi connectivity index (χ0) is 14.2. The number of fused-ring (bicyclic) bond motifs is 2. The van der Waals surface area contributed by atoms with Gasteiger partial charge >= 0.3 is 0 Å². The molecule has 0 aliphatic heterocycles. The minimum atomic E-state index is 0.775. The number of alkyl halides is 1. The fourth-order valence-corrected chi connectivity index (χ4v) is 6.25. The Morgan fingerprint density at radius 3 is 2.43 bits per heavy atom. The second-order valence-electron chi connectivity index (χ2n) is 7.87. The van der Waals surface area contributed by atoms with Crippen molar-refractivity contribution in [2.24, 2.45) is 23.7 Å². The lowest BCUT2D eigenvalue weighted by atomic mass is 9.72. The van der Waals surface area contributed by atoms with E-state index in [1.165, 1.54) is 38.5 Å². The third kappa shape index (κ3) is 2.96. The Kier molecular flexibility index (Phi) is 4.13. The van der Waals surface area contributed by atoms with Gasteiger partial charge < -0.3 is 0 Å². The summed E-state index contributed by atoms with van der Waals surface area (Å²) in [5.74, 6) is 4.97. The average Bonchev–Trinajstić information content (AvgIpc) is 3.13. The van der Waals surface area contributed by atoms with Crippen molar-refractivity contribution in [2.75, 3.05) is 0 Å². The summed E-state index contributed by atoms with van der Waals surface area (Å²) in [7, 11) is 0. The van der Waals surface area contributed by atoms with Crippen molar-refractivity contribution in [1.29, 1.82) is 0 Å². The summed E-state index contributed by atoms with van der Waals surface area (Å²) in [6.07, 6.45) is 11.8. The normalized spacial score (nSPS) is 42.3. The molecule has 6 atom stereocenters. The Morgan fingerprint density at radius 1 is 0.857 bits per heavy atom. The van der Waals surface area contributed by atoms with Crippen molar-refractivity contribution in [2.45, 2.75) is 62.1 Å². The molecule has 0 N–H and O–H groups in total. The van der Waals surface area contributed by atoms with Gasteiger partial charge in [0.1, 0.15) is 0 Å². The number of rotatable bonds is 3. The number of benzene rings is 1. The van der Waals surface area contributed by atoms with Gasteiger partial charge in [0.25, 0.3) is 0 Å². The predicted octanol–water partition coefficient (Wildman–Crippen LogP) is 6.16. The van der Waals surface area contributed by atoms with Crippen molar-refractivity contribution in [3.05, 3.63) is 35.9 Å². The molecule has 3 aliphatic carbocycles. The smallest absolute Gasteiger partial charge is 0.0174 e. The number of hydrogen-bond acceptors (Lipinski definition) is 0. The summed E-state index contributed by atoms with van der Waals surface area (Å²) >= 11 is 4.02. The summed E-state index contributed by atoms with van der Waals surface area (Å²) < 4.78 is 0. The van der Waals surface area contributed by atoms with Crippen LogP contribution in [0.2, 0.25) is 0 Å². The van der Waals surface area contributed by atoms with Gasteiger partial charge in [-0.25, -0.2) is 0 Å². The van der Waals surface area contributed by atoms with Crippen LogP contribution >= 0.6 is 15.9 Å². The van der Waals surface area contributed by atoms with Crippen LogP contribution in [0.4, 0.5) is 0 Å². The van der Waals surface area contributed by atoms with Gasteiger partial charge in [0, 0.05) is 4.83 Å². The number of hydrogen-bond donors (Lipinski definition) is 0. The van der Waals surface area contributed by atoms with Crippen LogP contribution in [0.1, 0.15) is 62.8 Å². The van der Waals surface area contributed by atoms with Crippen LogP contribution in [0.15, 0.2) is 30.3 Å². The molecule has 3 fully saturated rings. The van der Waals surface area contributed by atoms with E-state index >= 15 is 0 Å². The average molecular weight is 347 g/mol. The molecule has 0 amide bonds. The largest absolute Gasteiger partial charge is 0.0888 e. The molecule has 114 valence electrons. The van der Waals surface area contributed by atoms with E-state index in [-0.39, 0.29) is 0 Å². The van der Waals surface area contributed by atoms with Crippen LogP contribution in [0.5, 0.6) is 0 Å². The monoisotopic (exact) mass is 346 g/mol. The molecule has 3 aliphatic rings. The van der Waals surface area contributed by atoms with Crippen molar-refractivity contribution >= 4 is 15.9 Å². The zero-order valence-corrected chi connectivity index (χ0v) is 14.5. The third-order valence-corrected chi connectivity index (χ3v) is 7.86. The first-order chi connectivity index (χ1) is 10.3. The highest BCUT2D eigenvalue weighted by Crippen LogP contribution is 2.52. The highest BCUT2D eigenvalue weighted by Gasteiger charge is 2.41. The van der Waals surface area contributed by atoms with Gasteiger partial charge in [0.05, 0.1) is 0 Å². The Labute approximate surface area is 137 Å². The van der Waals surface area contributed by atoms with Gasteiger partial charge in [-0.3, -0.25) is 0 Å². The first kappa shape index (κ1) is 14.3. The molecule has 0 spiro atoms. The van der Waals surface area contributed by atoms with E-state index in [4.69, 9.17) is 0 Å². The minimum Gasteiger partial charge on any atom is -0.0888 e. The second kappa shape index (κ2) is 6.07. The van der Waals surface area contributed by atoms with Crippen LogP contribution in [-0.4, -0.2) is 4.83 Å². The van der Waals surface area contributed by atoms with E-state index in [0.29, 0.717) is 0 Å². The lowest BCUT2D eigenvalue weighted by Crippen LogP contribution is -2.27. The highest BCUT2D eigenvalue weighted by atomic mass is 79.9. The zero-order valence-electron chi connectivity index (χ0n) is 12.9. The van der Waals surface area contributed by atoms with E-state index in [1.54, 1.807) is 18.4 Å². The molecule has 3 saturated carbocycles. The van der Waals surface area contributed by atoms with E-state index < -0.39 is 0 Å².